The first-order chi connectivity index (χ1) is 21.7. The molecule has 1 fully saturated rings. The second-order valence-electron chi connectivity index (χ2n) is 11.4. The minimum Gasteiger partial charge on any atom is -0.497 e. The molecule has 7 rings (SSSR count). The Labute approximate surface area is 261 Å². The van der Waals surface area contributed by atoms with Gasteiger partial charge in [0.25, 0.3) is 17.7 Å². The molecular formula is C34H36N4O7. The first-order valence-electron chi connectivity index (χ1n) is 14.7. The summed E-state index contributed by atoms with van der Waals surface area (Å²) in [4.78, 5) is 42.0. The number of carbonyl (C=O) groups excluding carboxylic acids is 3. The van der Waals surface area contributed by atoms with Crippen molar-refractivity contribution in [2.24, 2.45) is 7.05 Å². The van der Waals surface area contributed by atoms with Gasteiger partial charge in [0, 0.05) is 48.8 Å². The maximum Gasteiger partial charge on any atom is 0.270 e. The Hall–Kier alpha value is -5.19. The van der Waals surface area contributed by atoms with E-state index in [0.29, 0.717) is 28.7 Å². The molecule has 3 amide bonds. The molecule has 4 heterocycles. The summed E-state index contributed by atoms with van der Waals surface area (Å²) < 4.78 is 25.1. The van der Waals surface area contributed by atoms with Gasteiger partial charge in [-0.3, -0.25) is 14.4 Å². The molecule has 1 aromatic heterocycles. The minimum absolute atomic E-state index is 0.140. The first-order valence-corrected chi connectivity index (χ1v) is 14.7. The Bertz CT molecular complexity index is 1810. The van der Waals surface area contributed by atoms with Crippen LogP contribution in [0.15, 0.2) is 54.6 Å². The summed E-state index contributed by atoms with van der Waals surface area (Å²) in [7, 11) is 4.94. The maximum absolute atomic E-state index is 14.1. The van der Waals surface area contributed by atoms with Crippen molar-refractivity contribution in [1.29, 1.82) is 0 Å². The molecule has 0 aliphatic carbocycles. The molecule has 2 atom stereocenters. The highest BCUT2D eigenvalue weighted by Gasteiger charge is 2.40. The van der Waals surface area contributed by atoms with E-state index in [1.54, 1.807) is 42.3 Å². The number of methoxy groups -OCH3 is 2. The third-order valence-electron chi connectivity index (χ3n) is 8.51. The van der Waals surface area contributed by atoms with E-state index < -0.39 is 18.1 Å². The topological polar surface area (TPSA) is 120 Å². The molecule has 0 spiro atoms. The number of hydrogen-bond donors (Lipinski definition) is 2. The van der Waals surface area contributed by atoms with Crippen LogP contribution in [0.1, 0.15) is 37.5 Å². The molecule has 4 aromatic rings. The van der Waals surface area contributed by atoms with Gasteiger partial charge in [0.05, 0.1) is 32.3 Å². The number of nitrogens with zero attached hydrogens (tertiary/aromatic N) is 2. The van der Waals surface area contributed by atoms with Gasteiger partial charge in [-0.2, -0.15) is 0 Å². The quantitative estimate of drug-likeness (QED) is 0.363. The smallest absolute Gasteiger partial charge is 0.270 e. The lowest BCUT2D eigenvalue weighted by Gasteiger charge is -2.22. The highest BCUT2D eigenvalue weighted by atomic mass is 16.5. The van der Waals surface area contributed by atoms with Gasteiger partial charge < -0.3 is 39.0 Å². The summed E-state index contributed by atoms with van der Waals surface area (Å²) in [6, 6.07) is 15.6. The Morgan fingerprint density at radius 1 is 0.978 bits per heavy atom. The Balaban J connectivity index is 1.36. The van der Waals surface area contributed by atoms with Crippen LogP contribution in [0.25, 0.3) is 10.9 Å². The SMILES string of the molecule is COc1cc2cc(c1)C(=O)N[C@H]1CN(C(=O)c3c(C)c4cccc(C)c4n3C)C[C@@H]1Oc1ccc(c(OC)c1)CNC(=O)CO2. The van der Waals surface area contributed by atoms with E-state index in [9.17, 15) is 14.4 Å². The van der Waals surface area contributed by atoms with Crippen LogP contribution in [0.4, 0.5) is 0 Å². The molecule has 11 nitrogen and oxygen atoms in total. The van der Waals surface area contributed by atoms with Gasteiger partial charge in [-0.1, -0.05) is 18.2 Å². The van der Waals surface area contributed by atoms with Crippen LogP contribution >= 0.6 is 0 Å². The second-order valence-corrected chi connectivity index (χ2v) is 11.4. The molecule has 0 saturated carbocycles. The Kier molecular flexibility index (Phi) is 8.01. The Morgan fingerprint density at radius 2 is 1.80 bits per heavy atom. The molecule has 234 valence electrons. The molecule has 3 aromatic carbocycles. The van der Waals surface area contributed by atoms with Crippen molar-refractivity contribution in [3.63, 3.8) is 0 Å². The number of rotatable bonds is 3. The number of carbonyl (C=O) groups is 3. The number of ether oxygens (including phenoxy) is 4. The average molecular weight is 613 g/mol. The van der Waals surface area contributed by atoms with Crippen LogP contribution in [-0.4, -0.2) is 73.3 Å². The lowest BCUT2D eigenvalue weighted by atomic mass is 10.1. The van der Waals surface area contributed by atoms with Crippen molar-refractivity contribution < 1.29 is 33.3 Å². The predicted octanol–water partition coefficient (Wildman–Crippen LogP) is 3.52. The van der Waals surface area contributed by atoms with Crippen LogP contribution in [0.5, 0.6) is 23.0 Å². The van der Waals surface area contributed by atoms with Crippen molar-refractivity contribution in [1.82, 2.24) is 20.1 Å². The molecule has 0 unspecified atom stereocenters. The van der Waals surface area contributed by atoms with E-state index in [4.69, 9.17) is 18.9 Å². The lowest BCUT2D eigenvalue weighted by molar-refractivity contribution is -0.123. The number of likely N-dealkylation sites (tertiary alicyclic amines) is 1. The third kappa shape index (κ3) is 5.73. The number of amides is 3. The van der Waals surface area contributed by atoms with Crippen LogP contribution in [0.2, 0.25) is 0 Å². The van der Waals surface area contributed by atoms with E-state index in [-0.39, 0.29) is 43.6 Å². The average Bonchev–Trinajstić information content (AvgIpc) is 3.55. The van der Waals surface area contributed by atoms with Gasteiger partial charge in [-0.15, -0.1) is 0 Å². The van der Waals surface area contributed by atoms with Crippen LogP contribution < -0.4 is 29.6 Å². The summed E-state index contributed by atoms with van der Waals surface area (Å²) in [5.74, 6) is 0.861. The number of fused-ring (bicyclic) bond motifs is 8. The minimum atomic E-state index is -0.568. The fraction of sp³-hybridized carbons (Fsp3) is 0.324. The van der Waals surface area contributed by atoms with E-state index in [0.717, 1.165) is 27.6 Å². The van der Waals surface area contributed by atoms with E-state index in [2.05, 4.69) is 10.6 Å². The first kappa shape index (κ1) is 29.9. The summed E-state index contributed by atoms with van der Waals surface area (Å²) in [6.45, 7) is 4.44. The molecule has 45 heavy (non-hydrogen) atoms. The zero-order valence-corrected chi connectivity index (χ0v) is 25.9. The number of aromatic nitrogens is 1. The monoisotopic (exact) mass is 612 g/mol. The number of nitrogens with one attached hydrogen (secondary N) is 2. The maximum atomic E-state index is 14.1. The van der Waals surface area contributed by atoms with Crippen molar-refractivity contribution in [3.05, 3.63) is 82.5 Å². The fourth-order valence-electron chi connectivity index (χ4n) is 6.22. The van der Waals surface area contributed by atoms with E-state index in [1.165, 1.54) is 7.11 Å². The van der Waals surface area contributed by atoms with Gasteiger partial charge in [-0.05, 0) is 49.2 Å². The number of aryl methyl sites for hydroxylation is 3. The van der Waals surface area contributed by atoms with Gasteiger partial charge in [0.1, 0.15) is 34.8 Å². The molecule has 2 N–H and O–H groups in total. The van der Waals surface area contributed by atoms with Crippen molar-refractivity contribution in [3.8, 4) is 23.0 Å². The lowest BCUT2D eigenvalue weighted by Crippen LogP contribution is -2.45. The molecule has 3 aliphatic rings. The molecule has 11 heteroatoms. The normalized spacial score (nSPS) is 18.4. The molecule has 4 bridgehead atoms. The van der Waals surface area contributed by atoms with Gasteiger partial charge in [0.2, 0.25) is 0 Å². The van der Waals surface area contributed by atoms with Crippen molar-refractivity contribution in [2.45, 2.75) is 32.5 Å². The summed E-state index contributed by atoms with van der Waals surface area (Å²) in [5, 5.41) is 6.93. The highest BCUT2D eigenvalue weighted by Crippen LogP contribution is 2.31. The summed E-state index contributed by atoms with van der Waals surface area (Å²) >= 11 is 0. The predicted molar refractivity (Wildman–Crippen MR) is 167 cm³/mol. The second kappa shape index (κ2) is 12.1. The zero-order valence-electron chi connectivity index (χ0n) is 25.9. The number of benzene rings is 3. The third-order valence-corrected chi connectivity index (χ3v) is 8.51. The summed E-state index contributed by atoms with van der Waals surface area (Å²) in [5.41, 5.74) is 4.64. The fourth-order valence-corrected chi connectivity index (χ4v) is 6.22. The largest absolute Gasteiger partial charge is 0.497 e. The van der Waals surface area contributed by atoms with Crippen LogP contribution in [0.3, 0.4) is 0 Å². The molecule has 0 radical (unpaired) electrons. The molecule has 1 saturated heterocycles. The zero-order chi connectivity index (χ0) is 31.8. The van der Waals surface area contributed by atoms with Gasteiger partial charge in [0.15, 0.2) is 6.61 Å². The molecule has 3 aliphatic heterocycles. The molecular weight excluding hydrogens is 576 g/mol. The van der Waals surface area contributed by atoms with E-state index in [1.807, 2.05) is 49.7 Å². The van der Waals surface area contributed by atoms with Crippen molar-refractivity contribution in [2.75, 3.05) is 33.9 Å². The highest BCUT2D eigenvalue weighted by molar-refractivity contribution is 6.02. The van der Waals surface area contributed by atoms with Crippen molar-refractivity contribution >= 4 is 28.6 Å². The summed E-state index contributed by atoms with van der Waals surface area (Å²) in [6.07, 6.45) is -0.568. The van der Waals surface area contributed by atoms with E-state index >= 15 is 0 Å². The van der Waals surface area contributed by atoms with Gasteiger partial charge in [-0.25, -0.2) is 0 Å². The number of para-hydroxylation sites is 1. The van der Waals surface area contributed by atoms with Crippen LogP contribution in [0, 0.1) is 13.8 Å². The van der Waals surface area contributed by atoms with Crippen LogP contribution in [-0.2, 0) is 18.4 Å². The number of hydrogen-bond acceptors (Lipinski definition) is 7. The van der Waals surface area contributed by atoms with Gasteiger partial charge >= 0.3 is 0 Å². The Morgan fingerprint density at radius 3 is 2.56 bits per heavy atom. The standard InChI is InChI=1S/C34H36N4O7/c1-19-7-6-8-26-20(2)32(37(3)31(19)26)34(41)38-16-27-29(17-38)45-23-10-9-21(28(14-23)43-5)15-35-30(39)18-44-25-12-22(33(40)36-27)11-24(13-25)42-4/h6-14,27,29H,15-18H2,1-5H3,(H,35,39)(H,36,40)/t27-,29-/m0/s1.